The number of nitrogens with one attached hydrogen (secondary N) is 2. The van der Waals surface area contributed by atoms with Crippen molar-refractivity contribution in [1.82, 2.24) is 10.6 Å². The van der Waals surface area contributed by atoms with E-state index in [1.165, 1.54) is 0 Å². The highest BCUT2D eigenvalue weighted by Gasteiger charge is 2.35. The summed E-state index contributed by atoms with van der Waals surface area (Å²) in [6.07, 6.45) is 0.253. The first kappa shape index (κ1) is 12.3. The van der Waals surface area contributed by atoms with E-state index in [2.05, 4.69) is 10.6 Å². The Hall–Kier alpha value is -0.810. The van der Waals surface area contributed by atoms with E-state index in [0.717, 1.165) is 13.0 Å². The SMILES string of the molecule is CC(C)(C)OC(=O)N[C@@]1(CO)CCNC1. The lowest BCUT2D eigenvalue weighted by molar-refractivity contribution is 0.0416. The summed E-state index contributed by atoms with van der Waals surface area (Å²) in [6, 6.07) is 0. The zero-order valence-electron chi connectivity index (χ0n) is 9.59. The molecule has 1 aliphatic rings. The third-order valence-electron chi connectivity index (χ3n) is 2.31. The Morgan fingerprint density at radius 1 is 1.60 bits per heavy atom. The average Bonchev–Trinajstić information content (AvgIpc) is 2.50. The predicted octanol–water partition coefficient (Wildman–Crippen LogP) is 0.236. The molecule has 5 nitrogen and oxygen atoms in total. The van der Waals surface area contributed by atoms with Gasteiger partial charge in [0.15, 0.2) is 0 Å². The van der Waals surface area contributed by atoms with Gasteiger partial charge in [0.25, 0.3) is 0 Å². The number of ether oxygens (including phenoxy) is 1. The minimum absolute atomic E-state index is 0.0702. The fraction of sp³-hybridized carbons (Fsp3) is 0.900. The molecule has 0 saturated carbocycles. The maximum atomic E-state index is 11.5. The van der Waals surface area contributed by atoms with Gasteiger partial charge in [-0.15, -0.1) is 0 Å². The van der Waals surface area contributed by atoms with Crippen molar-refractivity contribution in [2.75, 3.05) is 19.7 Å². The third kappa shape index (κ3) is 3.68. The molecule has 1 saturated heterocycles. The summed E-state index contributed by atoms with van der Waals surface area (Å²) in [5, 5.41) is 15.1. The number of aliphatic hydroxyl groups excluding tert-OH is 1. The quantitative estimate of drug-likeness (QED) is 0.618. The van der Waals surface area contributed by atoms with Gasteiger partial charge in [-0.2, -0.15) is 0 Å². The van der Waals surface area contributed by atoms with Crippen LogP contribution in [0.5, 0.6) is 0 Å². The van der Waals surface area contributed by atoms with Crippen LogP contribution in [0.2, 0.25) is 0 Å². The molecule has 1 atom stereocenters. The molecular formula is C10H20N2O3. The lowest BCUT2D eigenvalue weighted by atomic mass is 10.0. The molecular weight excluding hydrogens is 196 g/mol. The zero-order valence-corrected chi connectivity index (χ0v) is 9.59. The highest BCUT2D eigenvalue weighted by atomic mass is 16.6. The molecule has 1 rings (SSSR count). The molecule has 0 spiro atoms. The van der Waals surface area contributed by atoms with Gasteiger partial charge < -0.3 is 20.5 Å². The monoisotopic (exact) mass is 216 g/mol. The van der Waals surface area contributed by atoms with Gasteiger partial charge in [-0.25, -0.2) is 4.79 Å². The van der Waals surface area contributed by atoms with Crippen molar-refractivity contribution < 1.29 is 14.6 Å². The number of carbonyl (C=O) groups excluding carboxylic acids is 1. The maximum Gasteiger partial charge on any atom is 0.408 e. The highest BCUT2D eigenvalue weighted by Crippen LogP contribution is 2.15. The fourth-order valence-electron chi connectivity index (χ4n) is 1.55. The van der Waals surface area contributed by atoms with Crippen LogP contribution < -0.4 is 10.6 Å². The number of hydrogen-bond acceptors (Lipinski definition) is 4. The fourth-order valence-corrected chi connectivity index (χ4v) is 1.55. The van der Waals surface area contributed by atoms with Gasteiger partial charge in [0.1, 0.15) is 5.60 Å². The topological polar surface area (TPSA) is 70.6 Å². The minimum atomic E-state index is -0.553. The molecule has 0 aromatic heterocycles. The smallest absolute Gasteiger partial charge is 0.408 e. The Kier molecular flexibility index (Phi) is 3.57. The molecule has 0 unspecified atom stereocenters. The Labute approximate surface area is 90.2 Å². The number of amides is 1. The lowest BCUT2D eigenvalue weighted by Crippen LogP contribution is -2.54. The van der Waals surface area contributed by atoms with Crippen LogP contribution in [0, 0.1) is 0 Å². The number of hydrogen-bond donors (Lipinski definition) is 3. The summed E-state index contributed by atoms with van der Waals surface area (Å²) in [6.45, 7) is 6.75. The van der Waals surface area contributed by atoms with Crippen LogP contribution in [0.1, 0.15) is 27.2 Å². The van der Waals surface area contributed by atoms with Crippen molar-refractivity contribution in [3.05, 3.63) is 0 Å². The Morgan fingerprint density at radius 2 is 2.27 bits per heavy atom. The van der Waals surface area contributed by atoms with Gasteiger partial charge in [-0.05, 0) is 33.7 Å². The van der Waals surface area contributed by atoms with Crippen LogP contribution in [0.3, 0.4) is 0 Å². The van der Waals surface area contributed by atoms with Crippen molar-refractivity contribution in [2.24, 2.45) is 0 Å². The van der Waals surface area contributed by atoms with Crippen LogP contribution in [0.15, 0.2) is 0 Å². The van der Waals surface area contributed by atoms with Gasteiger partial charge in [-0.1, -0.05) is 0 Å². The second kappa shape index (κ2) is 4.37. The van der Waals surface area contributed by atoms with E-state index in [0.29, 0.717) is 6.54 Å². The molecule has 1 fully saturated rings. The Bertz CT molecular complexity index is 229. The number of carbonyl (C=O) groups is 1. The van der Waals surface area contributed by atoms with Gasteiger partial charge in [0, 0.05) is 6.54 Å². The van der Waals surface area contributed by atoms with Crippen molar-refractivity contribution >= 4 is 6.09 Å². The number of aliphatic hydroxyl groups is 1. The minimum Gasteiger partial charge on any atom is -0.444 e. The van der Waals surface area contributed by atoms with Crippen LogP contribution in [0.25, 0.3) is 0 Å². The van der Waals surface area contributed by atoms with E-state index in [-0.39, 0.29) is 6.61 Å². The molecule has 1 heterocycles. The molecule has 0 aliphatic carbocycles. The first-order chi connectivity index (χ1) is 6.87. The summed E-state index contributed by atoms with van der Waals surface area (Å²) < 4.78 is 5.14. The lowest BCUT2D eigenvalue weighted by Gasteiger charge is -2.29. The average molecular weight is 216 g/mol. The van der Waals surface area contributed by atoms with E-state index in [4.69, 9.17) is 4.74 Å². The van der Waals surface area contributed by atoms with Gasteiger partial charge in [0.2, 0.25) is 0 Å². The molecule has 3 N–H and O–H groups in total. The van der Waals surface area contributed by atoms with Gasteiger partial charge in [0.05, 0.1) is 12.1 Å². The summed E-state index contributed by atoms with van der Waals surface area (Å²) >= 11 is 0. The normalized spacial score (nSPS) is 26.4. The van der Waals surface area contributed by atoms with E-state index in [1.54, 1.807) is 0 Å². The largest absolute Gasteiger partial charge is 0.444 e. The van der Waals surface area contributed by atoms with E-state index in [1.807, 2.05) is 20.8 Å². The molecule has 0 bridgehead atoms. The van der Waals surface area contributed by atoms with Crippen molar-refractivity contribution in [2.45, 2.75) is 38.3 Å². The summed E-state index contributed by atoms with van der Waals surface area (Å²) in [4.78, 5) is 11.5. The first-order valence-electron chi connectivity index (χ1n) is 5.20. The van der Waals surface area contributed by atoms with Crippen LogP contribution >= 0.6 is 0 Å². The second-order valence-electron chi connectivity index (χ2n) is 4.99. The molecule has 88 valence electrons. The molecule has 1 amide bonds. The number of alkyl carbamates (subject to hydrolysis) is 1. The molecule has 1 aliphatic heterocycles. The highest BCUT2D eigenvalue weighted by molar-refractivity contribution is 5.69. The van der Waals surface area contributed by atoms with Crippen molar-refractivity contribution in [1.29, 1.82) is 0 Å². The van der Waals surface area contributed by atoms with E-state index >= 15 is 0 Å². The van der Waals surface area contributed by atoms with Gasteiger partial charge in [-0.3, -0.25) is 0 Å². The summed E-state index contributed by atoms with van der Waals surface area (Å²) in [5.41, 5.74) is -1.06. The van der Waals surface area contributed by atoms with Crippen LogP contribution in [-0.4, -0.2) is 42.0 Å². The predicted molar refractivity (Wildman–Crippen MR) is 56.7 cm³/mol. The van der Waals surface area contributed by atoms with E-state index < -0.39 is 17.2 Å². The number of rotatable bonds is 2. The molecule has 0 aromatic carbocycles. The second-order valence-corrected chi connectivity index (χ2v) is 4.99. The van der Waals surface area contributed by atoms with Crippen molar-refractivity contribution in [3.8, 4) is 0 Å². The zero-order chi connectivity index (χ0) is 11.5. The molecule has 5 heteroatoms. The standard InChI is InChI=1S/C10H20N2O3/c1-9(2,3)15-8(14)12-10(7-13)4-5-11-6-10/h11,13H,4-7H2,1-3H3,(H,12,14)/t10-/m0/s1. The molecule has 0 aromatic rings. The van der Waals surface area contributed by atoms with Gasteiger partial charge >= 0.3 is 6.09 Å². The summed E-state index contributed by atoms with van der Waals surface area (Å²) in [7, 11) is 0. The summed E-state index contributed by atoms with van der Waals surface area (Å²) in [5.74, 6) is 0. The Morgan fingerprint density at radius 3 is 2.67 bits per heavy atom. The van der Waals surface area contributed by atoms with E-state index in [9.17, 15) is 9.90 Å². The first-order valence-corrected chi connectivity index (χ1v) is 5.20. The third-order valence-corrected chi connectivity index (χ3v) is 2.31. The van der Waals surface area contributed by atoms with Crippen molar-refractivity contribution in [3.63, 3.8) is 0 Å². The van der Waals surface area contributed by atoms with Crippen LogP contribution in [-0.2, 0) is 4.74 Å². The maximum absolute atomic E-state index is 11.5. The van der Waals surface area contributed by atoms with Crippen LogP contribution in [0.4, 0.5) is 4.79 Å². The Balaban J connectivity index is 2.49. The molecule has 0 radical (unpaired) electrons. The molecule has 15 heavy (non-hydrogen) atoms.